The molecule has 1 aromatic heterocycles. The third-order valence-corrected chi connectivity index (χ3v) is 7.96. The third kappa shape index (κ3) is 8.62. The van der Waals surface area contributed by atoms with Crippen LogP contribution < -0.4 is 10.9 Å². The molecule has 3 atom stereocenters. The highest BCUT2D eigenvalue weighted by Gasteiger charge is 2.30. The monoisotopic (exact) mass is 557 g/mol. The Morgan fingerprint density at radius 3 is 2.68 bits per heavy atom. The number of rotatable bonds is 15. The molecular formula is C23H32N3O9PS. The Balaban J connectivity index is 1.35. The number of carbonyl (C=O) groups excluding carboxylic acids is 2. The van der Waals surface area contributed by atoms with Crippen molar-refractivity contribution in [1.29, 1.82) is 0 Å². The van der Waals surface area contributed by atoms with E-state index in [1.165, 1.54) is 6.92 Å². The van der Waals surface area contributed by atoms with Crippen molar-refractivity contribution < 1.29 is 36.6 Å². The van der Waals surface area contributed by atoms with E-state index in [0.29, 0.717) is 34.0 Å². The summed E-state index contributed by atoms with van der Waals surface area (Å²) in [7, 11) is -3.78. The maximum absolute atomic E-state index is 13.0. The van der Waals surface area contributed by atoms with Crippen LogP contribution in [-0.2, 0) is 40.1 Å². The van der Waals surface area contributed by atoms with Crippen LogP contribution >= 0.6 is 8.81 Å². The van der Waals surface area contributed by atoms with Crippen molar-refractivity contribution in [3.63, 3.8) is 0 Å². The Morgan fingerprint density at radius 2 is 1.92 bits per heavy atom. The number of piperidine rings is 1. The molecule has 14 heteroatoms. The Kier molecular flexibility index (Phi) is 11.1. The predicted octanol–water partition coefficient (Wildman–Crippen LogP) is 1.23. The fourth-order valence-corrected chi connectivity index (χ4v) is 4.72. The molecule has 37 heavy (non-hydrogen) atoms. The molecule has 0 aliphatic carbocycles. The highest BCUT2D eigenvalue weighted by molar-refractivity contribution is 7.86. The van der Waals surface area contributed by atoms with E-state index >= 15 is 0 Å². The van der Waals surface area contributed by atoms with E-state index in [2.05, 4.69) is 10.4 Å². The van der Waals surface area contributed by atoms with E-state index in [1.807, 2.05) is 12.1 Å². The molecule has 2 amide bonds. The van der Waals surface area contributed by atoms with Crippen molar-refractivity contribution >= 4 is 41.5 Å². The fraction of sp³-hybridized carbons (Fsp3) is 0.565. The number of hydrogen-bond donors (Lipinski definition) is 2. The molecule has 0 radical (unpaired) electrons. The molecule has 0 saturated carbocycles. The number of imide groups is 1. The highest BCUT2D eigenvalue weighted by atomic mass is 32.2. The van der Waals surface area contributed by atoms with Gasteiger partial charge in [0.1, 0.15) is 11.3 Å². The van der Waals surface area contributed by atoms with Crippen molar-refractivity contribution in [3.8, 4) is 0 Å². The molecule has 2 aromatic rings. The number of aryl methyl sites for hydroxylation is 1. The van der Waals surface area contributed by atoms with Crippen molar-refractivity contribution in [3.05, 3.63) is 40.3 Å². The minimum atomic E-state index is -4.08. The van der Waals surface area contributed by atoms with E-state index in [0.717, 1.165) is 34.6 Å². The Morgan fingerprint density at radius 1 is 1.16 bits per heavy atom. The second-order valence-corrected chi connectivity index (χ2v) is 11.5. The maximum atomic E-state index is 13.0. The molecule has 2 heterocycles. The number of carbonyl (C=O) groups is 2. The van der Waals surface area contributed by atoms with Crippen molar-refractivity contribution in [2.24, 2.45) is 0 Å². The van der Waals surface area contributed by atoms with Crippen LogP contribution in [-0.4, -0.2) is 79.0 Å². The minimum Gasteiger partial charge on any atom is -0.378 e. The molecule has 1 saturated heterocycles. The highest BCUT2D eigenvalue weighted by Crippen LogP contribution is 2.21. The average Bonchev–Trinajstić information content (AvgIpc) is 2.85. The standard InChI is InChI=1S/C23H32N3O9PS/c1-16(37(30,31)32)15-34-10-9-33-11-12-35-36-13-3-5-17-4-2-6-18-19(17)14-24-26(23(18)29)20-7-8-21(27)25-22(20)28/h2,4,6,14,16,20,36H,3,5,7-13,15H2,1H3,(H,25,27,28)(H,30,31,32). The van der Waals surface area contributed by atoms with Gasteiger partial charge in [-0.05, 0) is 44.0 Å². The molecule has 1 aromatic carbocycles. The van der Waals surface area contributed by atoms with Gasteiger partial charge >= 0.3 is 0 Å². The molecule has 3 rings (SSSR count). The topological polar surface area (TPSA) is 163 Å². The van der Waals surface area contributed by atoms with Crippen LogP contribution in [0, 0.1) is 0 Å². The van der Waals surface area contributed by atoms with E-state index in [4.69, 9.17) is 18.6 Å². The van der Waals surface area contributed by atoms with Gasteiger partial charge in [0.25, 0.3) is 21.6 Å². The van der Waals surface area contributed by atoms with Gasteiger partial charge in [0.2, 0.25) is 5.91 Å². The zero-order valence-corrected chi connectivity index (χ0v) is 22.4. The van der Waals surface area contributed by atoms with Crippen LogP contribution in [0.15, 0.2) is 29.2 Å². The molecule has 3 unspecified atom stereocenters. The molecule has 0 bridgehead atoms. The third-order valence-electron chi connectivity index (χ3n) is 5.84. The smallest absolute Gasteiger partial charge is 0.275 e. The number of hydrogen-bond acceptors (Lipinski definition) is 9. The summed E-state index contributed by atoms with van der Waals surface area (Å²) in [6.45, 7) is 2.60. The summed E-state index contributed by atoms with van der Waals surface area (Å²) in [4.78, 5) is 36.6. The fourth-order valence-electron chi connectivity index (χ4n) is 3.75. The zero-order chi connectivity index (χ0) is 26.8. The summed E-state index contributed by atoms with van der Waals surface area (Å²) in [6.07, 6.45) is 4.47. The number of nitrogens with zero attached hydrogens (tertiary/aromatic N) is 2. The lowest BCUT2D eigenvalue weighted by molar-refractivity contribution is -0.136. The largest absolute Gasteiger partial charge is 0.378 e. The number of amides is 2. The first-order valence-electron chi connectivity index (χ1n) is 12.0. The van der Waals surface area contributed by atoms with E-state index in [-0.39, 0.29) is 37.5 Å². The average molecular weight is 558 g/mol. The summed E-state index contributed by atoms with van der Waals surface area (Å²) in [5.41, 5.74) is 0.645. The van der Waals surface area contributed by atoms with Crippen molar-refractivity contribution in [2.75, 3.05) is 39.2 Å². The SMILES string of the molecule is CC(COCCOCCOPCCCc1cccc2c(=O)n(C3CCC(=O)NC3=O)ncc12)S(=O)(=O)O. The summed E-state index contributed by atoms with van der Waals surface area (Å²) in [5.74, 6) is -0.850. The van der Waals surface area contributed by atoms with Gasteiger partial charge in [-0.15, -0.1) is 0 Å². The van der Waals surface area contributed by atoms with Crippen molar-refractivity contribution in [2.45, 2.75) is 43.9 Å². The molecular weight excluding hydrogens is 525 g/mol. The number of aromatic nitrogens is 2. The van der Waals surface area contributed by atoms with Crippen LogP contribution in [0.2, 0.25) is 0 Å². The van der Waals surface area contributed by atoms with E-state index < -0.39 is 27.3 Å². The van der Waals surface area contributed by atoms with Gasteiger partial charge in [0, 0.05) is 20.6 Å². The van der Waals surface area contributed by atoms with E-state index in [1.54, 1.807) is 12.3 Å². The second-order valence-electron chi connectivity index (χ2n) is 8.60. The Hall–Kier alpha value is -2.28. The summed E-state index contributed by atoms with van der Waals surface area (Å²) < 4.78 is 47.9. The van der Waals surface area contributed by atoms with Gasteiger partial charge in [0.15, 0.2) is 0 Å². The van der Waals surface area contributed by atoms with Crippen LogP contribution in [0.4, 0.5) is 0 Å². The normalized spacial score (nSPS) is 17.5. The summed E-state index contributed by atoms with van der Waals surface area (Å²) >= 11 is 0. The first kappa shape index (κ1) is 29.3. The van der Waals surface area contributed by atoms with Crippen LogP contribution in [0.5, 0.6) is 0 Å². The van der Waals surface area contributed by atoms with Gasteiger partial charge < -0.3 is 14.0 Å². The first-order valence-corrected chi connectivity index (χ1v) is 14.6. The van der Waals surface area contributed by atoms with Gasteiger partial charge in [0.05, 0.1) is 44.6 Å². The van der Waals surface area contributed by atoms with Crippen LogP contribution in [0.3, 0.4) is 0 Å². The van der Waals surface area contributed by atoms with Gasteiger partial charge in [-0.3, -0.25) is 24.3 Å². The summed E-state index contributed by atoms with van der Waals surface area (Å²) in [6, 6.07) is 4.70. The maximum Gasteiger partial charge on any atom is 0.275 e. The molecule has 0 spiro atoms. The van der Waals surface area contributed by atoms with Gasteiger partial charge in [-0.25, -0.2) is 4.68 Å². The summed E-state index contributed by atoms with van der Waals surface area (Å²) in [5, 5.41) is 6.77. The Bertz CT molecular complexity index is 1250. The number of nitrogens with one attached hydrogen (secondary N) is 1. The molecule has 12 nitrogen and oxygen atoms in total. The number of benzene rings is 1. The Labute approximate surface area is 216 Å². The molecule has 2 N–H and O–H groups in total. The lowest BCUT2D eigenvalue weighted by Crippen LogP contribution is -2.45. The lowest BCUT2D eigenvalue weighted by atomic mass is 10.0. The zero-order valence-electron chi connectivity index (χ0n) is 20.6. The quantitative estimate of drug-likeness (QED) is 0.141. The van der Waals surface area contributed by atoms with E-state index in [9.17, 15) is 22.8 Å². The van der Waals surface area contributed by atoms with Gasteiger partial charge in [-0.2, -0.15) is 13.5 Å². The first-order chi connectivity index (χ1) is 17.7. The molecule has 1 aliphatic heterocycles. The lowest BCUT2D eigenvalue weighted by Gasteiger charge is -2.22. The molecule has 204 valence electrons. The number of ether oxygens (including phenoxy) is 2. The van der Waals surface area contributed by atoms with Crippen LogP contribution in [0.25, 0.3) is 10.8 Å². The van der Waals surface area contributed by atoms with Gasteiger partial charge in [-0.1, -0.05) is 12.1 Å². The molecule has 1 aliphatic rings. The predicted molar refractivity (Wildman–Crippen MR) is 138 cm³/mol. The molecule has 1 fully saturated rings. The van der Waals surface area contributed by atoms with Crippen molar-refractivity contribution in [1.82, 2.24) is 15.1 Å². The van der Waals surface area contributed by atoms with Crippen LogP contribution in [0.1, 0.15) is 37.8 Å². The second kappa shape index (κ2) is 14.0. The number of fused-ring (bicyclic) bond motifs is 1. The minimum absolute atomic E-state index is 0.0944.